The third-order valence-corrected chi connectivity index (χ3v) is 3.40. The molecule has 1 N–H and O–H groups in total. The van der Waals surface area contributed by atoms with E-state index in [2.05, 4.69) is 15.3 Å². The molecule has 1 aliphatic heterocycles. The van der Waals surface area contributed by atoms with E-state index in [-0.39, 0.29) is 30.3 Å². The number of nitrogens with one attached hydrogen (secondary N) is 1. The van der Waals surface area contributed by atoms with Crippen molar-refractivity contribution >= 4 is 17.5 Å². The normalized spacial score (nSPS) is 18.5. The maximum absolute atomic E-state index is 12.0. The molecule has 1 aromatic rings. The zero-order chi connectivity index (χ0) is 16.9. The number of hydrogen-bond acceptors (Lipinski definition) is 6. The van der Waals surface area contributed by atoms with E-state index < -0.39 is 5.41 Å². The molecule has 1 aromatic heterocycles. The zero-order valence-electron chi connectivity index (χ0n) is 13.8. The maximum atomic E-state index is 12.0. The minimum atomic E-state index is -0.524. The smallest absolute Gasteiger partial charge is 0.230 e. The fraction of sp³-hybridized carbons (Fsp3) is 0.625. The highest BCUT2D eigenvalue weighted by Gasteiger charge is 2.22. The zero-order valence-corrected chi connectivity index (χ0v) is 13.8. The quantitative estimate of drug-likeness (QED) is 0.836. The fourth-order valence-corrected chi connectivity index (χ4v) is 1.93. The van der Waals surface area contributed by atoms with Gasteiger partial charge in [0.25, 0.3) is 0 Å². The highest BCUT2D eigenvalue weighted by atomic mass is 16.7. The van der Waals surface area contributed by atoms with Gasteiger partial charge in [-0.25, -0.2) is 9.97 Å². The summed E-state index contributed by atoms with van der Waals surface area (Å²) in [4.78, 5) is 31.9. The molecule has 2 heterocycles. The highest BCUT2D eigenvalue weighted by Crippen LogP contribution is 2.16. The Morgan fingerprint density at radius 2 is 2.09 bits per heavy atom. The van der Waals surface area contributed by atoms with Crippen molar-refractivity contribution in [1.82, 2.24) is 9.97 Å². The number of ketones is 1. The van der Waals surface area contributed by atoms with Gasteiger partial charge < -0.3 is 14.8 Å². The summed E-state index contributed by atoms with van der Waals surface area (Å²) in [5, 5.41) is 2.66. The van der Waals surface area contributed by atoms with Crippen molar-refractivity contribution in [3.63, 3.8) is 0 Å². The fourth-order valence-electron chi connectivity index (χ4n) is 1.93. The Bertz CT molecular complexity index is 545. The van der Waals surface area contributed by atoms with Crippen molar-refractivity contribution in [2.75, 3.05) is 18.5 Å². The van der Waals surface area contributed by atoms with E-state index in [0.29, 0.717) is 12.4 Å². The van der Waals surface area contributed by atoms with Crippen LogP contribution >= 0.6 is 0 Å². The maximum Gasteiger partial charge on any atom is 0.230 e. The molecular weight excluding hydrogens is 298 g/mol. The molecule has 0 aromatic carbocycles. The molecule has 23 heavy (non-hydrogen) atoms. The molecule has 1 amide bonds. The molecule has 7 nitrogen and oxygen atoms in total. The topological polar surface area (TPSA) is 90.4 Å². The molecule has 0 bridgehead atoms. The van der Waals surface area contributed by atoms with Crippen molar-refractivity contribution in [1.29, 1.82) is 0 Å². The van der Waals surface area contributed by atoms with Crippen LogP contribution in [-0.4, -0.2) is 41.2 Å². The van der Waals surface area contributed by atoms with Crippen LogP contribution in [0.15, 0.2) is 12.4 Å². The van der Waals surface area contributed by atoms with Crippen LogP contribution in [-0.2, 0) is 14.3 Å². The summed E-state index contributed by atoms with van der Waals surface area (Å²) < 4.78 is 10.8. The summed E-state index contributed by atoms with van der Waals surface area (Å²) >= 11 is 0. The van der Waals surface area contributed by atoms with E-state index >= 15 is 0 Å². The van der Waals surface area contributed by atoms with Crippen LogP contribution in [0.25, 0.3) is 0 Å². The SMILES string of the molecule is CC(C)(C)C(=O)Nc1cnc(C(=O)COC2CCCCO2)cn1. The first-order chi connectivity index (χ1) is 10.9. The van der Waals surface area contributed by atoms with Gasteiger partial charge in [-0.05, 0) is 19.3 Å². The summed E-state index contributed by atoms with van der Waals surface area (Å²) in [6.07, 6.45) is 5.27. The van der Waals surface area contributed by atoms with Crippen LogP contribution in [0.5, 0.6) is 0 Å². The number of ether oxygens (including phenoxy) is 2. The van der Waals surface area contributed by atoms with E-state index in [1.165, 1.54) is 12.4 Å². The Labute approximate surface area is 135 Å². The predicted octanol–water partition coefficient (Wildman–Crippen LogP) is 2.19. The van der Waals surface area contributed by atoms with Crippen molar-refractivity contribution < 1.29 is 19.1 Å². The van der Waals surface area contributed by atoms with Crippen molar-refractivity contribution in [2.45, 2.75) is 46.3 Å². The van der Waals surface area contributed by atoms with Crippen LogP contribution in [0.3, 0.4) is 0 Å². The summed E-state index contributed by atoms with van der Waals surface area (Å²) in [6, 6.07) is 0. The second-order valence-corrected chi connectivity index (χ2v) is 6.52. The Hall–Kier alpha value is -1.86. The molecule has 1 atom stereocenters. The van der Waals surface area contributed by atoms with Gasteiger partial charge in [0.2, 0.25) is 11.7 Å². The molecule has 126 valence electrons. The monoisotopic (exact) mass is 321 g/mol. The summed E-state index contributed by atoms with van der Waals surface area (Å²) in [5.74, 6) is -0.109. The summed E-state index contributed by atoms with van der Waals surface area (Å²) in [6.45, 7) is 5.99. The van der Waals surface area contributed by atoms with Gasteiger partial charge in [-0.2, -0.15) is 0 Å². The summed E-state index contributed by atoms with van der Waals surface area (Å²) in [5.41, 5.74) is -0.320. The standard InChI is InChI=1S/C16H23N3O4/c1-16(2,3)15(21)19-13-9-17-11(8-18-13)12(20)10-23-14-6-4-5-7-22-14/h8-9,14H,4-7,10H2,1-3H3,(H,18,19,21). The van der Waals surface area contributed by atoms with Gasteiger partial charge in [0.1, 0.15) is 12.3 Å². The molecule has 0 spiro atoms. The molecule has 0 radical (unpaired) electrons. The van der Waals surface area contributed by atoms with Crippen molar-refractivity contribution in [2.24, 2.45) is 5.41 Å². The molecule has 2 rings (SSSR count). The van der Waals surface area contributed by atoms with E-state index in [1.807, 2.05) is 0 Å². The number of aromatic nitrogens is 2. The van der Waals surface area contributed by atoms with Crippen molar-refractivity contribution in [3.05, 3.63) is 18.1 Å². The summed E-state index contributed by atoms with van der Waals surface area (Å²) in [7, 11) is 0. The predicted molar refractivity (Wildman–Crippen MR) is 84.0 cm³/mol. The first-order valence-corrected chi connectivity index (χ1v) is 7.76. The third-order valence-electron chi connectivity index (χ3n) is 3.40. The van der Waals surface area contributed by atoms with Crippen LogP contribution in [0, 0.1) is 5.41 Å². The molecular formula is C16H23N3O4. The van der Waals surface area contributed by atoms with Crippen LogP contribution in [0.4, 0.5) is 5.82 Å². The number of rotatable bonds is 5. The van der Waals surface area contributed by atoms with Gasteiger partial charge in [-0.1, -0.05) is 20.8 Å². The highest BCUT2D eigenvalue weighted by molar-refractivity contribution is 5.96. The van der Waals surface area contributed by atoms with Crippen molar-refractivity contribution in [3.8, 4) is 0 Å². The second-order valence-electron chi connectivity index (χ2n) is 6.52. The Morgan fingerprint density at radius 1 is 1.30 bits per heavy atom. The lowest BCUT2D eigenvalue weighted by Gasteiger charge is -2.22. The van der Waals surface area contributed by atoms with Gasteiger partial charge in [0.15, 0.2) is 12.1 Å². The Balaban J connectivity index is 1.86. The molecule has 1 saturated heterocycles. The lowest BCUT2D eigenvalue weighted by Crippen LogP contribution is -2.28. The van der Waals surface area contributed by atoms with E-state index in [9.17, 15) is 9.59 Å². The van der Waals surface area contributed by atoms with Gasteiger partial charge in [-0.15, -0.1) is 0 Å². The second kappa shape index (κ2) is 7.61. The van der Waals surface area contributed by atoms with Gasteiger partial charge in [0, 0.05) is 12.0 Å². The van der Waals surface area contributed by atoms with E-state index in [0.717, 1.165) is 19.3 Å². The Morgan fingerprint density at radius 3 is 2.65 bits per heavy atom. The largest absolute Gasteiger partial charge is 0.353 e. The Kier molecular flexibility index (Phi) is 5.79. The first-order valence-electron chi connectivity index (χ1n) is 7.76. The molecule has 1 unspecified atom stereocenters. The molecule has 0 aliphatic carbocycles. The average molecular weight is 321 g/mol. The van der Waals surface area contributed by atoms with E-state index in [4.69, 9.17) is 9.47 Å². The number of nitrogens with zero attached hydrogens (tertiary/aromatic N) is 2. The van der Waals surface area contributed by atoms with Crippen LogP contribution < -0.4 is 5.32 Å². The van der Waals surface area contributed by atoms with Gasteiger partial charge in [0.05, 0.1) is 12.4 Å². The minimum Gasteiger partial charge on any atom is -0.353 e. The van der Waals surface area contributed by atoms with E-state index in [1.54, 1.807) is 20.8 Å². The van der Waals surface area contributed by atoms with Gasteiger partial charge in [-0.3, -0.25) is 9.59 Å². The number of anilines is 1. The van der Waals surface area contributed by atoms with Crippen LogP contribution in [0.2, 0.25) is 0 Å². The first kappa shape index (κ1) is 17.5. The average Bonchev–Trinajstić information content (AvgIpc) is 2.53. The number of carbonyl (C=O) groups excluding carboxylic acids is 2. The number of amides is 1. The minimum absolute atomic E-state index is 0.0902. The number of Topliss-reactive ketones (excluding diaryl/α,β-unsaturated/α-hetero) is 1. The molecule has 7 heteroatoms. The molecule has 1 aliphatic rings. The number of hydrogen-bond donors (Lipinski definition) is 1. The van der Waals surface area contributed by atoms with Crippen LogP contribution in [0.1, 0.15) is 50.5 Å². The lowest BCUT2D eigenvalue weighted by molar-refractivity contribution is -0.155. The number of carbonyl (C=O) groups is 2. The molecule has 0 saturated carbocycles. The van der Waals surface area contributed by atoms with Gasteiger partial charge >= 0.3 is 0 Å². The third kappa shape index (κ3) is 5.37. The molecule has 1 fully saturated rings. The lowest BCUT2D eigenvalue weighted by atomic mass is 9.96.